The summed E-state index contributed by atoms with van der Waals surface area (Å²) in [6.07, 6.45) is 3.85. The summed E-state index contributed by atoms with van der Waals surface area (Å²) in [5.74, 6) is 1.52. The molecule has 8 heteroatoms. The van der Waals surface area contributed by atoms with Crippen molar-refractivity contribution < 1.29 is 27.5 Å². The van der Waals surface area contributed by atoms with Crippen LogP contribution >= 0.6 is 7.60 Å². The van der Waals surface area contributed by atoms with Crippen molar-refractivity contribution >= 4 is 26.3 Å². The van der Waals surface area contributed by atoms with E-state index in [4.69, 9.17) is 22.9 Å². The summed E-state index contributed by atoms with van der Waals surface area (Å²) >= 11 is 0. The van der Waals surface area contributed by atoms with Gasteiger partial charge in [-0.2, -0.15) is 0 Å². The molecule has 1 aliphatic heterocycles. The predicted molar refractivity (Wildman–Crippen MR) is 152 cm³/mol. The van der Waals surface area contributed by atoms with Crippen LogP contribution in [0.5, 0.6) is 0 Å². The Morgan fingerprint density at radius 3 is 2.00 bits per heavy atom. The van der Waals surface area contributed by atoms with Gasteiger partial charge in [0.1, 0.15) is 6.10 Å². The number of ether oxygens (including phenoxy) is 2. The van der Waals surface area contributed by atoms with Crippen LogP contribution in [-0.4, -0.2) is 47.1 Å². The number of benzene rings is 2. The first-order valence-electron chi connectivity index (χ1n) is 13.3. The van der Waals surface area contributed by atoms with Crippen LogP contribution in [-0.2, 0) is 27.5 Å². The standard InChI is InChI=1S/C29H43O6PSi/c1-6-32-36(30,33-7-2)23-21-25(35-28-20-14-15-22-31-28)24-34-37(29(3,4)5,26-16-10-8-11-17-26)27-18-12-9-13-19-27/h8-13,16-19,21,23,25,28H,6-7,14-15,20,22,24H2,1-5H3/t25-,28+/m0/s1. The Kier molecular flexibility index (Phi) is 11.3. The number of hydrogen-bond acceptors (Lipinski definition) is 6. The SMILES string of the molecule is CCOP(=O)(C=C[C@@H](CO[Si](c1ccccc1)(c1ccccc1)C(C)(C)C)O[C@@H]1CCCCO1)OCC. The van der Waals surface area contributed by atoms with Gasteiger partial charge in [-0.05, 0) is 54.6 Å². The monoisotopic (exact) mass is 546 g/mol. The lowest BCUT2D eigenvalue weighted by Crippen LogP contribution is -2.67. The lowest BCUT2D eigenvalue weighted by molar-refractivity contribution is -0.183. The van der Waals surface area contributed by atoms with Gasteiger partial charge in [0.15, 0.2) is 6.29 Å². The molecule has 1 fully saturated rings. The van der Waals surface area contributed by atoms with Gasteiger partial charge in [-0.1, -0.05) is 81.4 Å². The highest BCUT2D eigenvalue weighted by Gasteiger charge is 2.50. The third kappa shape index (κ3) is 7.96. The van der Waals surface area contributed by atoms with E-state index in [9.17, 15) is 4.57 Å². The van der Waals surface area contributed by atoms with Crippen molar-refractivity contribution in [2.24, 2.45) is 0 Å². The lowest BCUT2D eigenvalue weighted by atomic mass is 10.2. The second-order valence-corrected chi connectivity index (χ2v) is 16.4. The van der Waals surface area contributed by atoms with E-state index in [0.29, 0.717) is 6.61 Å². The first kappa shape index (κ1) is 30.0. The fourth-order valence-corrected chi connectivity index (χ4v) is 10.7. The molecule has 0 unspecified atom stereocenters. The molecule has 0 amide bonds. The summed E-state index contributed by atoms with van der Waals surface area (Å²) < 4.78 is 43.5. The summed E-state index contributed by atoms with van der Waals surface area (Å²) in [6.45, 7) is 11.9. The molecule has 1 heterocycles. The fourth-order valence-electron chi connectivity index (χ4n) is 4.81. The van der Waals surface area contributed by atoms with Crippen molar-refractivity contribution in [2.45, 2.75) is 71.3 Å². The zero-order valence-corrected chi connectivity index (χ0v) is 24.8. The maximum Gasteiger partial charge on any atom is 0.353 e. The van der Waals surface area contributed by atoms with Crippen LogP contribution in [0, 0.1) is 0 Å². The first-order valence-corrected chi connectivity index (χ1v) is 16.9. The average molecular weight is 547 g/mol. The van der Waals surface area contributed by atoms with Crippen molar-refractivity contribution in [1.82, 2.24) is 0 Å². The highest BCUT2D eigenvalue weighted by molar-refractivity contribution is 7.57. The van der Waals surface area contributed by atoms with Gasteiger partial charge in [0.25, 0.3) is 8.32 Å². The third-order valence-electron chi connectivity index (χ3n) is 6.45. The van der Waals surface area contributed by atoms with Crippen LogP contribution < -0.4 is 10.4 Å². The van der Waals surface area contributed by atoms with Crippen LogP contribution in [0.15, 0.2) is 72.6 Å². The van der Waals surface area contributed by atoms with E-state index in [-0.39, 0.29) is 31.1 Å². The minimum atomic E-state index is -3.39. The molecule has 0 aromatic heterocycles. The van der Waals surface area contributed by atoms with Crippen LogP contribution in [0.4, 0.5) is 0 Å². The molecule has 0 bridgehead atoms. The largest absolute Gasteiger partial charge is 0.404 e. The van der Waals surface area contributed by atoms with Crippen molar-refractivity contribution in [1.29, 1.82) is 0 Å². The van der Waals surface area contributed by atoms with E-state index in [1.807, 2.05) is 12.1 Å². The predicted octanol–water partition coefficient (Wildman–Crippen LogP) is 6.25. The van der Waals surface area contributed by atoms with Crippen molar-refractivity contribution in [3.63, 3.8) is 0 Å². The Morgan fingerprint density at radius 2 is 1.54 bits per heavy atom. The van der Waals surface area contributed by atoms with Gasteiger partial charge >= 0.3 is 7.60 Å². The van der Waals surface area contributed by atoms with Gasteiger partial charge in [0.05, 0.1) is 19.8 Å². The second-order valence-electron chi connectivity index (χ2n) is 10.2. The molecule has 2 atom stereocenters. The zero-order valence-electron chi connectivity index (χ0n) is 22.9. The number of hydrogen-bond donors (Lipinski definition) is 0. The van der Waals surface area contributed by atoms with Crippen LogP contribution in [0.2, 0.25) is 5.04 Å². The fraction of sp³-hybridized carbons (Fsp3) is 0.517. The summed E-state index contributed by atoms with van der Waals surface area (Å²) in [5.41, 5.74) is 0. The van der Waals surface area contributed by atoms with E-state index >= 15 is 0 Å². The highest BCUT2D eigenvalue weighted by atomic mass is 31.2. The molecule has 204 valence electrons. The minimum absolute atomic E-state index is 0.169. The Balaban J connectivity index is 1.98. The third-order valence-corrected chi connectivity index (χ3v) is 13.2. The first-order chi connectivity index (χ1) is 17.7. The summed E-state index contributed by atoms with van der Waals surface area (Å²) in [5, 5.41) is 2.22. The molecule has 1 saturated heterocycles. The van der Waals surface area contributed by atoms with Crippen LogP contribution in [0.1, 0.15) is 53.9 Å². The second kappa shape index (κ2) is 14.0. The van der Waals surface area contributed by atoms with Crippen LogP contribution in [0.3, 0.4) is 0 Å². The Labute approximate surface area is 224 Å². The van der Waals surface area contributed by atoms with Gasteiger partial charge in [-0.15, -0.1) is 0 Å². The molecule has 0 spiro atoms. The molecule has 1 aliphatic rings. The van der Waals surface area contributed by atoms with Gasteiger partial charge < -0.3 is 22.9 Å². The minimum Gasteiger partial charge on any atom is -0.404 e. The quantitative estimate of drug-likeness (QED) is 0.218. The van der Waals surface area contributed by atoms with E-state index in [0.717, 1.165) is 19.3 Å². The molecule has 37 heavy (non-hydrogen) atoms. The maximum atomic E-state index is 13.2. The summed E-state index contributed by atoms with van der Waals surface area (Å²) in [7, 11) is -6.15. The van der Waals surface area contributed by atoms with Crippen molar-refractivity contribution in [3.8, 4) is 0 Å². The Morgan fingerprint density at radius 1 is 0.973 bits per heavy atom. The molecule has 0 saturated carbocycles. The van der Waals surface area contributed by atoms with Crippen LogP contribution in [0.25, 0.3) is 0 Å². The van der Waals surface area contributed by atoms with Gasteiger partial charge in [0, 0.05) is 12.4 Å². The Bertz CT molecular complexity index is 953. The zero-order chi connectivity index (χ0) is 26.8. The molecule has 2 aromatic carbocycles. The number of rotatable bonds is 13. The normalized spacial score (nSPS) is 18.2. The molecule has 0 N–H and O–H groups in total. The van der Waals surface area contributed by atoms with Gasteiger partial charge in [-0.25, -0.2) is 0 Å². The van der Waals surface area contributed by atoms with Crippen molar-refractivity contribution in [3.05, 3.63) is 72.6 Å². The van der Waals surface area contributed by atoms with E-state index in [2.05, 4.69) is 69.3 Å². The summed E-state index contributed by atoms with van der Waals surface area (Å²) in [6, 6.07) is 21.0. The van der Waals surface area contributed by atoms with Gasteiger partial charge in [-0.3, -0.25) is 4.57 Å². The van der Waals surface area contributed by atoms with E-state index in [1.165, 1.54) is 16.2 Å². The maximum absolute atomic E-state index is 13.2. The Hall–Kier alpha value is -1.57. The highest BCUT2D eigenvalue weighted by Crippen LogP contribution is 2.49. The summed E-state index contributed by atoms with van der Waals surface area (Å²) in [4.78, 5) is 0. The molecule has 0 aliphatic carbocycles. The molecule has 3 rings (SSSR count). The molecule has 6 nitrogen and oxygen atoms in total. The average Bonchev–Trinajstić information content (AvgIpc) is 2.89. The molecule has 0 radical (unpaired) electrons. The van der Waals surface area contributed by atoms with Crippen molar-refractivity contribution in [2.75, 3.05) is 26.4 Å². The smallest absolute Gasteiger partial charge is 0.353 e. The topological polar surface area (TPSA) is 63.2 Å². The van der Waals surface area contributed by atoms with E-state index < -0.39 is 22.0 Å². The molecule has 2 aromatic rings. The lowest BCUT2D eigenvalue weighted by Gasteiger charge is -2.43. The van der Waals surface area contributed by atoms with E-state index in [1.54, 1.807) is 19.9 Å². The molecular weight excluding hydrogens is 503 g/mol. The van der Waals surface area contributed by atoms with Gasteiger partial charge in [0.2, 0.25) is 0 Å². The molecular formula is C29H43O6PSi.